The zero-order valence-electron chi connectivity index (χ0n) is 15.0. The summed E-state index contributed by atoms with van der Waals surface area (Å²) < 4.78 is 18.4. The Morgan fingerprint density at radius 3 is 2.19 bits per heavy atom. The lowest BCUT2D eigenvalue weighted by Gasteiger charge is -2.10. The number of nitrogens with zero attached hydrogens (tertiary/aromatic N) is 2. The first-order valence-corrected chi connectivity index (χ1v) is 8.08. The van der Waals surface area contributed by atoms with Gasteiger partial charge in [-0.25, -0.2) is 19.2 Å². The molecule has 1 heterocycles. The molecule has 0 saturated carbocycles. The van der Waals surface area contributed by atoms with Gasteiger partial charge in [-0.1, -0.05) is 0 Å². The van der Waals surface area contributed by atoms with E-state index >= 15 is 0 Å². The van der Waals surface area contributed by atoms with Gasteiger partial charge in [0, 0.05) is 17.4 Å². The second-order valence-electron chi connectivity index (χ2n) is 5.86. The second-order valence-corrected chi connectivity index (χ2v) is 5.86. The van der Waals surface area contributed by atoms with E-state index < -0.39 is 17.8 Å². The smallest absolute Gasteiger partial charge is 0.411 e. The normalized spacial score (nSPS) is 10.5. The van der Waals surface area contributed by atoms with E-state index in [9.17, 15) is 14.0 Å². The highest BCUT2D eigenvalue weighted by atomic mass is 19.1. The maximum absolute atomic E-state index is 13.9. The summed E-state index contributed by atoms with van der Waals surface area (Å²) in [6.07, 6.45) is -0.595. The van der Waals surface area contributed by atoms with E-state index in [0.717, 1.165) is 6.07 Å². The quantitative estimate of drug-likeness (QED) is 0.733. The molecule has 0 aliphatic carbocycles. The summed E-state index contributed by atoms with van der Waals surface area (Å²) in [6.45, 7) is 3.55. The van der Waals surface area contributed by atoms with Gasteiger partial charge in [-0.3, -0.25) is 10.1 Å². The monoisotopic (exact) mass is 368 g/mol. The maximum Gasteiger partial charge on any atom is 0.411 e. The topological polar surface area (TPSA) is 93.2 Å². The number of carbonyl (C=O) groups is 2. The Morgan fingerprint density at radius 2 is 1.56 bits per heavy atom. The van der Waals surface area contributed by atoms with Crippen LogP contribution in [0.25, 0.3) is 11.0 Å². The number of carbonyl (C=O) groups excluding carboxylic acids is 2. The number of ether oxygens (including phenoxy) is 1. The molecular weight excluding hydrogens is 351 g/mol. The molecule has 27 heavy (non-hydrogen) atoms. The van der Waals surface area contributed by atoms with Gasteiger partial charge in [-0.05, 0) is 44.2 Å². The van der Waals surface area contributed by atoms with E-state index in [1.165, 1.54) is 13.2 Å². The average Bonchev–Trinajstić information content (AvgIpc) is 2.64. The Morgan fingerprint density at radius 1 is 0.963 bits per heavy atom. The number of anilines is 2. The summed E-state index contributed by atoms with van der Waals surface area (Å²) in [5, 5.41) is 5.19. The fraction of sp³-hybridized carbons (Fsp3) is 0.158. The third-order valence-corrected chi connectivity index (χ3v) is 3.97. The number of nitrogens with one attached hydrogen (secondary N) is 2. The van der Waals surface area contributed by atoms with Gasteiger partial charge in [0.25, 0.3) is 5.91 Å². The van der Waals surface area contributed by atoms with E-state index in [0.29, 0.717) is 33.8 Å². The number of aryl methyl sites for hydroxylation is 2. The van der Waals surface area contributed by atoms with Crippen molar-refractivity contribution in [2.45, 2.75) is 13.8 Å². The van der Waals surface area contributed by atoms with Gasteiger partial charge < -0.3 is 10.1 Å². The highest BCUT2D eigenvalue weighted by Crippen LogP contribution is 2.21. The largest absolute Gasteiger partial charge is 0.453 e. The minimum absolute atomic E-state index is 0.0948. The number of methoxy groups -OCH3 is 1. The van der Waals surface area contributed by atoms with Crippen LogP contribution in [0.3, 0.4) is 0 Å². The van der Waals surface area contributed by atoms with E-state index in [1.54, 1.807) is 38.1 Å². The number of hydrogen-bond donors (Lipinski definition) is 2. The Hall–Kier alpha value is -3.55. The van der Waals surface area contributed by atoms with Crippen molar-refractivity contribution in [1.29, 1.82) is 0 Å². The fourth-order valence-corrected chi connectivity index (χ4v) is 2.48. The van der Waals surface area contributed by atoms with Crippen LogP contribution in [0, 0.1) is 19.7 Å². The van der Waals surface area contributed by atoms with Crippen molar-refractivity contribution in [1.82, 2.24) is 9.97 Å². The SMILES string of the molecule is COC(=O)Nc1ccc(NC(=O)c2cc(F)cc3nc(C)c(C)nc23)cc1. The zero-order valence-corrected chi connectivity index (χ0v) is 15.0. The molecule has 0 spiro atoms. The van der Waals surface area contributed by atoms with Gasteiger partial charge in [-0.15, -0.1) is 0 Å². The van der Waals surface area contributed by atoms with E-state index in [-0.39, 0.29) is 5.56 Å². The van der Waals surface area contributed by atoms with Gasteiger partial charge in [-0.2, -0.15) is 0 Å². The number of amides is 2. The molecule has 7 nitrogen and oxygen atoms in total. The molecule has 0 radical (unpaired) electrons. The summed E-state index contributed by atoms with van der Waals surface area (Å²) in [4.78, 5) is 32.5. The lowest BCUT2D eigenvalue weighted by atomic mass is 10.1. The molecule has 2 aromatic carbocycles. The number of rotatable bonds is 3. The number of aromatic nitrogens is 2. The minimum Gasteiger partial charge on any atom is -0.453 e. The number of benzene rings is 2. The van der Waals surface area contributed by atoms with Crippen LogP contribution >= 0.6 is 0 Å². The molecule has 3 rings (SSSR count). The lowest BCUT2D eigenvalue weighted by Crippen LogP contribution is -2.14. The molecule has 138 valence electrons. The van der Waals surface area contributed by atoms with Crippen LogP contribution in [0.2, 0.25) is 0 Å². The molecule has 0 saturated heterocycles. The molecule has 0 aliphatic rings. The van der Waals surface area contributed by atoms with Crippen LogP contribution in [0.15, 0.2) is 36.4 Å². The average molecular weight is 368 g/mol. The van der Waals surface area contributed by atoms with Crippen molar-refractivity contribution in [3.63, 3.8) is 0 Å². The fourth-order valence-electron chi connectivity index (χ4n) is 2.48. The molecule has 2 amide bonds. The van der Waals surface area contributed by atoms with Crippen LogP contribution in [0.4, 0.5) is 20.6 Å². The molecular formula is C19H17FN4O3. The Balaban J connectivity index is 1.88. The van der Waals surface area contributed by atoms with Crippen LogP contribution in [0.5, 0.6) is 0 Å². The summed E-state index contributed by atoms with van der Waals surface area (Å²) in [5.41, 5.74) is 3.08. The van der Waals surface area contributed by atoms with Crippen molar-refractivity contribution in [2.24, 2.45) is 0 Å². The lowest BCUT2D eigenvalue weighted by molar-refractivity contribution is 0.102. The molecule has 0 bridgehead atoms. The molecule has 0 aliphatic heterocycles. The van der Waals surface area contributed by atoms with Crippen molar-refractivity contribution >= 4 is 34.4 Å². The van der Waals surface area contributed by atoms with Crippen LogP contribution < -0.4 is 10.6 Å². The second kappa shape index (κ2) is 7.36. The van der Waals surface area contributed by atoms with E-state index in [4.69, 9.17) is 0 Å². The predicted octanol–water partition coefficient (Wildman–Crippen LogP) is 3.82. The van der Waals surface area contributed by atoms with Crippen molar-refractivity contribution in [3.05, 3.63) is 59.2 Å². The third-order valence-electron chi connectivity index (χ3n) is 3.97. The summed E-state index contributed by atoms with van der Waals surface area (Å²) >= 11 is 0. The van der Waals surface area contributed by atoms with Gasteiger partial charge in [0.1, 0.15) is 11.3 Å². The van der Waals surface area contributed by atoms with Crippen LogP contribution in [0.1, 0.15) is 21.7 Å². The molecule has 0 unspecified atom stereocenters. The number of fused-ring (bicyclic) bond motifs is 1. The van der Waals surface area contributed by atoms with Crippen molar-refractivity contribution < 1.29 is 18.7 Å². The molecule has 0 atom stereocenters. The molecule has 3 aromatic rings. The van der Waals surface area contributed by atoms with Gasteiger partial charge in [0.15, 0.2) is 0 Å². The Bertz CT molecular complexity index is 1040. The molecule has 8 heteroatoms. The van der Waals surface area contributed by atoms with Gasteiger partial charge in [0.2, 0.25) is 0 Å². The van der Waals surface area contributed by atoms with Gasteiger partial charge in [0.05, 0.1) is 29.6 Å². The molecule has 0 fully saturated rings. The number of halogens is 1. The van der Waals surface area contributed by atoms with E-state index in [2.05, 4.69) is 25.3 Å². The Labute approximate surface area is 154 Å². The van der Waals surface area contributed by atoms with Crippen LogP contribution in [-0.4, -0.2) is 29.1 Å². The first-order valence-electron chi connectivity index (χ1n) is 8.08. The highest BCUT2D eigenvalue weighted by molar-refractivity contribution is 6.11. The Kier molecular flexibility index (Phi) is 4.98. The number of hydrogen-bond acceptors (Lipinski definition) is 5. The summed E-state index contributed by atoms with van der Waals surface area (Å²) in [7, 11) is 1.26. The molecule has 1 aromatic heterocycles. The zero-order chi connectivity index (χ0) is 19.6. The maximum atomic E-state index is 13.9. The van der Waals surface area contributed by atoms with Gasteiger partial charge >= 0.3 is 6.09 Å². The third kappa shape index (κ3) is 4.00. The summed E-state index contributed by atoms with van der Waals surface area (Å²) in [5.74, 6) is -1.08. The minimum atomic E-state index is -0.595. The van der Waals surface area contributed by atoms with E-state index in [1.807, 2.05) is 0 Å². The molecule has 2 N–H and O–H groups in total. The van der Waals surface area contributed by atoms with Crippen LogP contribution in [-0.2, 0) is 4.74 Å². The van der Waals surface area contributed by atoms with Crippen molar-refractivity contribution in [3.8, 4) is 0 Å². The van der Waals surface area contributed by atoms with Crippen molar-refractivity contribution in [2.75, 3.05) is 17.7 Å². The first kappa shape index (κ1) is 18.2. The first-order chi connectivity index (χ1) is 12.9. The standard InChI is InChI=1S/C19H17FN4O3/c1-10-11(2)22-17-15(8-12(20)9-16(17)21-10)18(25)23-13-4-6-14(7-5-13)24-19(26)27-3/h4-9H,1-3H3,(H,23,25)(H,24,26). The predicted molar refractivity (Wildman–Crippen MR) is 99.4 cm³/mol. The summed E-state index contributed by atoms with van der Waals surface area (Å²) in [6, 6.07) is 8.79. The highest BCUT2D eigenvalue weighted by Gasteiger charge is 2.16.